The maximum atomic E-state index is 12.7. The summed E-state index contributed by atoms with van der Waals surface area (Å²) in [7, 11) is 0. The van der Waals surface area contributed by atoms with E-state index < -0.39 is 0 Å². The average molecular weight is 325 g/mol. The minimum absolute atomic E-state index is 0.0104. The lowest BCUT2D eigenvalue weighted by Gasteiger charge is -2.24. The Balaban J connectivity index is 2.00. The Morgan fingerprint density at radius 2 is 2.33 bits per heavy atom. The van der Waals surface area contributed by atoms with Gasteiger partial charge in [-0.3, -0.25) is 4.79 Å². The molecule has 6 heteroatoms. The number of halogens is 1. The first-order chi connectivity index (χ1) is 10.0. The Hall–Kier alpha value is -1.30. The van der Waals surface area contributed by atoms with Crippen molar-refractivity contribution in [2.45, 2.75) is 19.4 Å². The molecule has 3 N–H and O–H groups in total. The van der Waals surface area contributed by atoms with E-state index in [-0.39, 0.29) is 18.6 Å². The highest BCUT2D eigenvalue weighted by Crippen LogP contribution is 2.37. The molecule has 0 saturated carbocycles. The van der Waals surface area contributed by atoms with Gasteiger partial charge in [0, 0.05) is 21.7 Å². The number of rotatable bonds is 2. The zero-order chi connectivity index (χ0) is 15.1. The molecule has 1 amide bonds. The molecule has 4 nitrogen and oxygen atoms in total. The number of carbonyl (C=O) groups is 1. The Bertz CT molecular complexity index is 700. The molecule has 112 valence electrons. The number of fused-ring (bicyclic) bond motifs is 1. The highest BCUT2D eigenvalue weighted by atomic mass is 35.5. The third kappa shape index (κ3) is 2.39. The molecule has 3 rings (SSSR count). The second kappa shape index (κ2) is 5.48. The maximum Gasteiger partial charge on any atom is 0.266 e. The summed E-state index contributed by atoms with van der Waals surface area (Å²) in [5.74, 6) is 0.220. The number of anilines is 1. The Morgan fingerprint density at radius 1 is 1.57 bits per heavy atom. The third-order valence-electron chi connectivity index (χ3n) is 4.22. The van der Waals surface area contributed by atoms with Crippen LogP contribution in [-0.2, 0) is 0 Å². The highest BCUT2D eigenvalue weighted by Gasteiger charge is 2.35. The van der Waals surface area contributed by atoms with Crippen molar-refractivity contribution in [2.75, 3.05) is 18.9 Å². The Labute approximate surface area is 132 Å². The lowest BCUT2D eigenvalue weighted by Crippen LogP contribution is -2.39. The fraction of sp³-hybridized carbons (Fsp3) is 0.400. The number of benzene rings is 1. The molecule has 2 aromatic rings. The number of amides is 1. The number of hydrogen-bond donors (Lipinski definition) is 2. The Morgan fingerprint density at radius 3 is 3.05 bits per heavy atom. The average Bonchev–Trinajstić information content (AvgIpc) is 2.98. The highest BCUT2D eigenvalue weighted by molar-refractivity contribution is 7.21. The number of nitrogens with zero attached hydrogens (tertiary/aromatic N) is 1. The van der Waals surface area contributed by atoms with Crippen molar-refractivity contribution in [3.8, 4) is 0 Å². The quantitative estimate of drug-likeness (QED) is 0.892. The van der Waals surface area contributed by atoms with Gasteiger partial charge in [0.2, 0.25) is 0 Å². The van der Waals surface area contributed by atoms with Gasteiger partial charge in [-0.2, -0.15) is 0 Å². The molecule has 0 radical (unpaired) electrons. The lowest BCUT2D eigenvalue weighted by atomic mass is 10.0. The number of thiophene rings is 1. The van der Waals surface area contributed by atoms with Gasteiger partial charge in [0.25, 0.3) is 5.91 Å². The molecule has 2 heterocycles. The van der Waals surface area contributed by atoms with Gasteiger partial charge in [0.05, 0.1) is 18.3 Å². The van der Waals surface area contributed by atoms with Crippen molar-refractivity contribution < 1.29 is 9.90 Å². The van der Waals surface area contributed by atoms with Crippen LogP contribution in [0.2, 0.25) is 5.02 Å². The number of aliphatic hydroxyl groups is 1. The van der Waals surface area contributed by atoms with E-state index in [4.69, 9.17) is 17.3 Å². The summed E-state index contributed by atoms with van der Waals surface area (Å²) in [6.45, 7) is 2.71. The number of aliphatic hydroxyl groups excluding tert-OH is 1. The van der Waals surface area contributed by atoms with Crippen LogP contribution in [0.5, 0.6) is 0 Å². The van der Waals surface area contributed by atoms with Crippen LogP contribution in [-0.4, -0.2) is 35.1 Å². The van der Waals surface area contributed by atoms with Gasteiger partial charge in [-0.25, -0.2) is 0 Å². The summed E-state index contributed by atoms with van der Waals surface area (Å²) in [6, 6.07) is 5.32. The van der Waals surface area contributed by atoms with E-state index in [0.29, 0.717) is 28.0 Å². The van der Waals surface area contributed by atoms with Crippen LogP contribution in [0, 0.1) is 5.92 Å². The number of nitrogens with two attached hydrogens (primary N) is 1. The van der Waals surface area contributed by atoms with E-state index in [1.54, 1.807) is 11.0 Å². The van der Waals surface area contributed by atoms with Gasteiger partial charge >= 0.3 is 0 Å². The second-order valence-corrected chi connectivity index (χ2v) is 6.99. The Kier molecular flexibility index (Phi) is 3.82. The van der Waals surface area contributed by atoms with Gasteiger partial charge in [0.15, 0.2) is 0 Å². The van der Waals surface area contributed by atoms with E-state index in [2.05, 4.69) is 6.92 Å². The van der Waals surface area contributed by atoms with Crippen molar-refractivity contribution in [1.29, 1.82) is 0 Å². The molecule has 0 spiro atoms. The molecule has 21 heavy (non-hydrogen) atoms. The van der Waals surface area contributed by atoms with Gasteiger partial charge < -0.3 is 15.7 Å². The normalized spacial score (nSPS) is 22.1. The van der Waals surface area contributed by atoms with Crippen molar-refractivity contribution in [2.24, 2.45) is 5.92 Å². The van der Waals surface area contributed by atoms with E-state index in [0.717, 1.165) is 16.5 Å². The van der Waals surface area contributed by atoms with Crippen molar-refractivity contribution in [3.63, 3.8) is 0 Å². The molecule has 0 aliphatic carbocycles. The standard InChI is InChI=1S/C15H17ClN2O2S/c1-8-4-5-18(11(8)7-19)15(20)14-13(17)10-3-2-9(16)6-12(10)21-14/h2-3,6,8,11,19H,4-5,7,17H2,1H3. The van der Waals surface area contributed by atoms with Crippen LogP contribution in [0.4, 0.5) is 5.69 Å². The zero-order valence-electron chi connectivity index (χ0n) is 11.7. The fourth-order valence-electron chi connectivity index (χ4n) is 2.92. The van der Waals surface area contributed by atoms with Crippen molar-refractivity contribution >= 4 is 44.6 Å². The van der Waals surface area contributed by atoms with Crippen molar-refractivity contribution in [1.82, 2.24) is 4.90 Å². The number of carbonyl (C=O) groups excluding carboxylic acids is 1. The van der Waals surface area contributed by atoms with E-state index in [9.17, 15) is 9.90 Å². The number of likely N-dealkylation sites (tertiary alicyclic amines) is 1. The first-order valence-electron chi connectivity index (χ1n) is 6.92. The second-order valence-electron chi connectivity index (χ2n) is 5.50. The minimum Gasteiger partial charge on any atom is -0.397 e. The lowest BCUT2D eigenvalue weighted by molar-refractivity contribution is 0.0654. The molecule has 1 aliphatic rings. The van der Waals surface area contributed by atoms with Gasteiger partial charge in [-0.1, -0.05) is 18.5 Å². The number of nitrogen functional groups attached to an aromatic ring is 1. The molecule has 2 unspecified atom stereocenters. The number of hydrogen-bond acceptors (Lipinski definition) is 4. The minimum atomic E-state index is -0.120. The van der Waals surface area contributed by atoms with Gasteiger partial charge in [-0.15, -0.1) is 11.3 Å². The molecule has 2 atom stereocenters. The van der Waals surface area contributed by atoms with Gasteiger partial charge in [-0.05, 0) is 30.5 Å². The summed E-state index contributed by atoms with van der Waals surface area (Å²) in [5.41, 5.74) is 6.64. The summed E-state index contributed by atoms with van der Waals surface area (Å²) in [4.78, 5) is 15.0. The molecule has 1 aromatic carbocycles. The summed E-state index contributed by atoms with van der Waals surface area (Å²) < 4.78 is 0.913. The van der Waals surface area contributed by atoms with Gasteiger partial charge in [0.1, 0.15) is 4.88 Å². The van der Waals surface area contributed by atoms with Crippen molar-refractivity contribution in [3.05, 3.63) is 28.1 Å². The van der Waals surface area contributed by atoms with Crippen LogP contribution in [0.25, 0.3) is 10.1 Å². The predicted molar refractivity (Wildman–Crippen MR) is 86.9 cm³/mol. The maximum absolute atomic E-state index is 12.7. The zero-order valence-corrected chi connectivity index (χ0v) is 13.2. The van der Waals surface area contributed by atoms with Crippen LogP contribution < -0.4 is 5.73 Å². The molecule has 1 aromatic heterocycles. The third-order valence-corrected chi connectivity index (χ3v) is 5.61. The summed E-state index contributed by atoms with van der Waals surface area (Å²) in [5, 5.41) is 11.0. The van der Waals surface area contributed by atoms with Crippen LogP contribution >= 0.6 is 22.9 Å². The summed E-state index contributed by atoms with van der Waals surface area (Å²) >= 11 is 7.35. The molecule has 0 bridgehead atoms. The monoisotopic (exact) mass is 324 g/mol. The molecule has 1 saturated heterocycles. The molecule has 1 fully saturated rings. The fourth-order valence-corrected chi connectivity index (χ4v) is 4.27. The molecular formula is C15H17ClN2O2S. The van der Waals surface area contributed by atoms with Crippen LogP contribution in [0.15, 0.2) is 18.2 Å². The first kappa shape index (κ1) is 14.6. The smallest absolute Gasteiger partial charge is 0.266 e. The van der Waals surface area contributed by atoms with E-state index in [1.165, 1.54) is 11.3 Å². The topological polar surface area (TPSA) is 66.6 Å². The largest absolute Gasteiger partial charge is 0.397 e. The first-order valence-corrected chi connectivity index (χ1v) is 8.11. The SMILES string of the molecule is CC1CCN(C(=O)c2sc3cc(Cl)ccc3c2N)C1CO. The molecule has 1 aliphatic heterocycles. The van der Waals surface area contributed by atoms with Crippen LogP contribution in [0.1, 0.15) is 23.0 Å². The van der Waals surface area contributed by atoms with E-state index >= 15 is 0 Å². The summed E-state index contributed by atoms with van der Waals surface area (Å²) in [6.07, 6.45) is 0.910. The van der Waals surface area contributed by atoms with E-state index in [1.807, 2.05) is 12.1 Å². The predicted octanol–water partition coefficient (Wildman–Crippen LogP) is 2.98. The molecular weight excluding hydrogens is 308 g/mol. The van der Waals surface area contributed by atoms with Crippen LogP contribution in [0.3, 0.4) is 0 Å².